The summed E-state index contributed by atoms with van der Waals surface area (Å²) in [6.07, 6.45) is -0.541. The maximum absolute atomic E-state index is 12.1. The van der Waals surface area contributed by atoms with Crippen LogP contribution in [0.3, 0.4) is 0 Å². The van der Waals surface area contributed by atoms with Crippen molar-refractivity contribution in [3.05, 3.63) is 30.1 Å². The molecule has 7 heteroatoms. The quantitative estimate of drug-likeness (QED) is 0.846. The fourth-order valence-electron chi connectivity index (χ4n) is 2.01. The lowest BCUT2D eigenvalue weighted by Crippen LogP contribution is -2.28. The topological polar surface area (TPSA) is 108 Å². The van der Waals surface area contributed by atoms with Crippen molar-refractivity contribution in [2.75, 3.05) is 13.2 Å². The van der Waals surface area contributed by atoms with Gasteiger partial charge in [0, 0.05) is 13.0 Å². The lowest BCUT2D eigenvalue weighted by atomic mass is 10.0. The fraction of sp³-hybridized carbons (Fsp3) is 0.333. The number of hydrogen-bond donors (Lipinski definition) is 2. The molecule has 114 valence electrons. The zero-order chi connectivity index (χ0) is 15.9. The van der Waals surface area contributed by atoms with Gasteiger partial charge >= 0.3 is 6.09 Å². The number of aromatic amines is 1. The van der Waals surface area contributed by atoms with Crippen LogP contribution in [0.1, 0.15) is 25.1 Å². The summed E-state index contributed by atoms with van der Waals surface area (Å²) in [6, 6.07) is 9.26. The second-order valence-corrected chi connectivity index (χ2v) is 4.56. The number of ketones is 1. The summed E-state index contributed by atoms with van der Waals surface area (Å²) < 4.78 is 4.69. The van der Waals surface area contributed by atoms with Gasteiger partial charge in [0.25, 0.3) is 0 Å². The second kappa shape index (κ2) is 7.22. The van der Waals surface area contributed by atoms with Crippen molar-refractivity contribution in [1.82, 2.24) is 15.3 Å². The van der Waals surface area contributed by atoms with Crippen LogP contribution in [0, 0.1) is 11.3 Å². The van der Waals surface area contributed by atoms with Crippen molar-refractivity contribution in [1.29, 1.82) is 5.26 Å². The largest absolute Gasteiger partial charge is 0.450 e. The number of benzene rings is 1. The third-order valence-electron chi connectivity index (χ3n) is 3.05. The molecule has 1 aromatic heterocycles. The molecular weight excluding hydrogens is 284 g/mol. The lowest BCUT2D eigenvalue weighted by molar-refractivity contribution is -0.119. The van der Waals surface area contributed by atoms with Crippen LogP contribution in [0.25, 0.3) is 11.0 Å². The predicted octanol–water partition coefficient (Wildman–Crippen LogP) is 1.88. The van der Waals surface area contributed by atoms with Crippen LogP contribution in [0.5, 0.6) is 0 Å². The molecule has 0 spiro atoms. The first kappa shape index (κ1) is 15.5. The molecule has 2 aromatic rings. The molecule has 1 heterocycles. The van der Waals surface area contributed by atoms with E-state index < -0.39 is 12.0 Å². The van der Waals surface area contributed by atoms with Gasteiger partial charge in [-0.1, -0.05) is 12.1 Å². The SMILES string of the molecule is CCOC(=O)NCCC(=O)C(C#N)c1nc2ccccc2[nH]1. The van der Waals surface area contributed by atoms with Crippen LogP contribution in [-0.4, -0.2) is 35.0 Å². The number of hydrogen-bond acceptors (Lipinski definition) is 5. The van der Waals surface area contributed by atoms with Crippen LogP contribution >= 0.6 is 0 Å². The van der Waals surface area contributed by atoms with E-state index in [1.54, 1.807) is 13.0 Å². The molecule has 1 aromatic carbocycles. The van der Waals surface area contributed by atoms with E-state index >= 15 is 0 Å². The number of amides is 1. The lowest BCUT2D eigenvalue weighted by Gasteiger charge is -2.07. The van der Waals surface area contributed by atoms with Crippen molar-refractivity contribution in [3.8, 4) is 6.07 Å². The number of nitriles is 1. The van der Waals surface area contributed by atoms with Crippen LogP contribution < -0.4 is 5.32 Å². The van der Waals surface area contributed by atoms with Gasteiger partial charge < -0.3 is 15.0 Å². The normalized spacial score (nSPS) is 11.6. The van der Waals surface area contributed by atoms with Crippen molar-refractivity contribution in [3.63, 3.8) is 0 Å². The molecule has 22 heavy (non-hydrogen) atoms. The number of para-hydroxylation sites is 2. The molecule has 1 amide bonds. The first-order chi connectivity index (χ1) is 10.7. The number of alkyl carbamates (subject to hydrolysis) is 1. The molecule has 0 bridgehead atoms. The number of Topliss-reactive ketones (excluding diaryl/α,β-unsaturated/α-hetero) is 1. The Morgan fingerprint density at radius 2 is 2.23 bits per heavy atom. The highest BCUT2D eigenvalue weighted by atomic mass is 16.5. The molecule has 2 rings (SSSR count). The Morgan fingerprint density at radius 3 is 2.91 bits per heavy atom. The first-order valence-corrected chi connectivity index (χ1v) is 6.93. The molecule has 1 unspecified atom stereocenters. The molecule has 0 aliphatic carbocycles. The number of imidazole rings is 1. The Morgan fingerprint density at radius 1 is 1.45 bits per heavy atom. The van der Waals surface area contributed by atoms with E-state index in [0.29, 0.717) is 11.3 Å². The highest BCUT2D eigenvalue weighted by Gasteiger charge is 2.23. The molecule has 0 radical (unpaired) electrons. The minimum absolute atomic E-state index is 0.0358. The summed E-state index contributed by atoms with van der Waals surface area (Å²) in [5.74, 6) is -0.959. The van der Waals surface area contributed by atoms with Gasteiger partial charge in [-0.05, 0) is 19.1 Å². The number of aromatic nitrogens is 2. The summed E-state index contributed by atoms with van der Waals surface area (Å²) in [5, 5.41) is 11.7. The zero-order valence-corrected chi connectivity index (χ0v) is 12.1. The second-order valence-electron chi connectivity index (χ2n) is 4.56. The van der Waals surface area contributed by atoms with Gasteiger partial charge in [-0.15, -0.1) is 0 Å². The highest BCUT2D eigenvalue weighted by Crippen LogP contribution is 2.18. The number of carbonyl (C=O) groups is 2. The smallest absolute Gasteiger partial charge is 0.407 e. The van der Waals surface area contributed by atoms with Gasteiger partial charge in [0.2, 0.25) is 0 Å². The van der Waals surface area contributed by atoms with Crippen LogP contribution in [0.2, 0.25) is 0 Å². The Balaban J connectivity index is 2.00. The molecule has 0 saturated carbocycles. The van der Waals surface area contributed by atoms with E-state index in [9.17, 15) is 14.9 Å². The average Bonchev–Trinajstić information content (AvgIpc) is 2.91. The third-order valence-corrected chi connectivity index (χ3v) is 3.05. The van der Waals surface area contributed by atoms with Crippen LogP contribution in [-0.2, 0) is 9.53 Å². The van der Waals surface area contributed by atoms with Crippen molar-refractivity contribution < 1.29 is 14.3 Å². The molecule has 0 aliphatic rings. The van der Waals surface area contributed by atoms with Crippen LogP contribution in [0.4, 0.5) is 4.79 Å². The van der Waals surface area contributed by atoms with Gasteiger partial charge in [-0.3, -0.25) is 4.79 Å². The molecule has 0 aliphatic heterocycles. The summed E-state index contributed by atoms with van der Waals surface area (Å²) in [5.41, 5.74) is 1.48. The summed E-state index contributed by atoms with van der Waals surface area (Å²) in [7, 11) is 0. The summed E-state index contributed by atoms with van der Waals surface area (Å²) in [6.45, 7) is 2.08. The standard InChI is InChI=1S/C15H16N4O3/c1-2-22-15(21)17-8-7-13(20)10(9-16)14-18-11-5-3-4-6-12(11)19-14/h3-6,10H,2,7-8H2,1H3,(H,17,21)(H,18,19). The number of ether oxygens (including phenoxy) is 1. The highest BCUT2D eigenvalue weighted by molar-refractivity contribution is 5.89. The molecule has 0 saturated heterocycles. The Labute approximate surface area is 127 Å². The Hall–Kier alpha value is -2.88. The van der Waals surface area contributed by atoms with Gasteiger partial charge in [-0.2, -0.15) is 5.26 Å². The van der Waals surface area contributed by atoms with Gasteiger partial charge in [0.15, 0.2) is 11.7 Å². The molecular formula is C15H16N4O3. The molecule has 1 atom stereocenters. The van der Waals surface area contributed by atoms with Gasteiger partial charge in [0.05, 0.1) is 23.7 Å². The summed E-state index contributed by atoms with van der Waals surface area (Å²) in [4.78, 5) is 30.5. The molecule has 7 nitrogen and oxygen atoms in total. The van der Waals surface area contributed by atoms with Crippen molar-refractivity contribution >= 4 is 22.9 Å². The van der Waals surface area contributed by atoms with E-state index in [4.69, 9.17) is 4.74 Å². The number of H-pyrrole nitrogens is 1. The maximum Gasteiger partial charge on any atom is 0.407 e. The van der Waals surface area contributed by atoms with E-state index in [-0.39, 0.29) is 25.4 Å². The third kappa shape index (κ3) is 3.61. The molecule has 0 fully saturated rings. The van der Waals surface area contributed by atoms with E-state index in [1.807, 2.05) is 24.3 Å². The van der Waals surface area contributed by atoms with Crippen LogP contribution in [0.15, 0.2) is 24.3 Å². The Bertz CT molecular complexity index is 684. The number of carbonyl (C=O) groups excluding carboxylic acids is 2. The van der Waals surface area contributed by atoms with Crippen molar-refractivity contribution in [2.24, 2.45) is 0 Å². The summed E-state index contributed by atoms with van der Waals surface area (Å²) >= 11 is 0. The number of nitrogens with zero attached hydrogens (tertiary/aromatic N) is 2. The average molecular weight is 300 g/mol. The maximum atomic E-state index is 12.1. The fourth-order valence-corrected chi connectivity index (χ4v) is 2.01. The van der Waals surface area contributed by atoms with E-state index in [2.05, 4.69) is 15.3 Å². The van der Waals surface area contributed by atoms with Crippen molar-refractivity contribution in [2.45, 2.75) is 19.3 Å². The van der Waals surface area contributed by atoms with E-state index in [1.165, 1.54) is 0 Å². The number of nitrogens with one attached hydrogen (secondary N) is 2. The van der Waals surface area contributed by atoms with Gasteiger partial charge in [0.1, 0.15) is 5.82 Å². The number of fused-ring (bicyclic) bond motifs is 1. The van der Waals surface area contributed by atoms with E-state index in [0.717, 1.165) is 5.52 Å². The zero-order valence-electron chi connectivity index (χ0n) is 12.1. The Kier molecular flexibility index (Phi) is 5.09. The number of rotatable bonds is 6. The molecule has 2 N–H and O–H groups in total. The minimum Gasteiger partial charge on any atom is -0.450 e. The predicted molar refractivity (Wildman–Crippen MR) is 79.1 cm³/mol. The monoisotopic (exact) mass is 300 g/mol. The first-order valence-electron chi connectivity index (χ1n) is 6.93. The van der Waals surface area contributed by atoms with Gasteiger partial charge in [-0.25, -0.2) is 9.78 Å². The minimum atomic E-state index is -0.976.